The van der Waals surface area contributed by atoms with Crippen molar-refractivity contribution in [2.75, 3.05) is 27.3 Å². The number of amides is 1. The summed E-state index contributed by atoms with van der Waals surface area (Å²) >= 11 is 0. The predicted octanol–water partition coefficient (Wildman–Crippen LogP) is 2.38. The fourth-order valence-corrected chi connectivity index (χ4v) is 5.03. The van der Waals surface area contributed by atoms with Gasteiger partial charge in [-0.1, -0.05) is 0 Å². The summed E-state index contributed by atoms with van der Waals surface area (Å²) in [6, 6.07) is 8.34. The van der Waals surface area contributed by atoms with Gasteiger partial charge in [0.25, 0.3) is 0 Å². The number of rotatable bonds is 7. The van der Waals surface area contributed by atoms with Crippen LogP contribution in [0.5, 0.6) is 11.5 Å². The van der Waals surface area contributed by atoms with E-state index in [2.05, 4.69) is 10.3 Å². The third-order valence-corrected chi connectivity index (χ3v) is 7.25. The van der Waals surface area contributed by atoms with Gasteiger partial charge in [0.2, 0.25) is 15.9 Å². The minimum atomic E-state index is -3.58. The molecule has 1 aliphatic rings. The van der Waals surface area contributed by atoms with E-state index in [1.807, 2.05) is 19.1 Å². The molecule has 0 radical (unpaired) electrons. The van der Waals surface area contributed by atoms with Crippen molar-refractivity contribution in [2.24, 2.45) is 5.92 Å². The zero-order valence-corrected chi connectivity index (χ0v) is 18.2. The number of hydrogen-bond acceptors (Lipinski definition) is 6. The standard InChI is InChI=1S/C21H27N3O5S/c1-15(19-7-6-17(28-2)13-20(19)29-3)23-21(25)16-8-11-24(12-9-16)30(26,27)18-5-4-10-22-14-18/h4-7,10,13-16H,8-9,11-12H2,1-3H3,(H,23,25). The minimum absolute atomic E-state index is 0.0844. The number of methoxy groups -OCH3 is 2. The lowest BCUT2D eigenvalue weighted by atomic mass is 9.96. The molecule has 2 aromatic rings. The van der Waals surface area contributed by atoms with Crippen molar-refractivity contribution in [3.8, 4) is 11.5 Å². The second-order valence-corrected chi connectivity index (χ2v) is 9.14. The molecule has 1 saturated heterocycles. The first kappa shape index (κ1) is 22.0. The summed E-state index contributed by atoms with van der Waals surface area (Å²) in [4.78, 5) is 16.8. The molecule has 1 aliphatic heterocycles. The molecule has 1 amide bonds. The van der Waals surface area contributed by atoms with Crippen LogP contribution in [0.2, 0.25) is 0 Å². The summed E-state index contributed by atoms with van der Waals surface area (Å²) in [7, 11) is -0.424. The van der Waals surface area contributed by atoms with Crippen molar-refractivity contribution in [1.82, 2.24) is 14.6 Å². The van der Waals surface area contributed by atoms with Crippen LogP contribution in [0.4, 0.5) is 0 Å². The maximum absolute atomic E-state index is 12.8. The van der Waals surface area contributed by atoms with Gasteiger partial charge in [-0.25, -0.2) is 8.42 Å². The van der Waals surface area contributed by atoms with Gasteiger partial charge in [-0.2, -0.15) is 4.31 Å². The van der Waals surface area contributed by atoms with Gasteiger partial charge in [0.05, 0.1) is 20.3 Å². The monoisotopic (exact) mass is 433 g/mol. The van der Waals surface area contributed by atoms with Crippen LogP contribution in [-0.2, 0) is 14.8 Å². The molecule has 0 spiro atoms. The van der Waals surface area contributed by atoms with Gasteiger partial charge in [-0.15, -0.1) is 0 Å². The highest BCUT2D eigenvalue weighted by Gasteiger charge is 2.32. The Labute approximate surface area is 177 Å². The van der Waals surface area contributed by atoms with Gasteiger partial charge >= 0.3 is 0 Å². The highest BCUT2D eigenvalue weighted by Crippen LogP contribution is 2.30. The average molecular weight is 434 g/mol. The van der Waals surface area contributed by atoms with Crippen molar-refractivity contribution >= 4 is 15.9 Å². The van der Waals surface area contributed by atoms with E-state index in [1.54, 1.807) is 26.4 Å². The van der Waals surface area contributed by atoms with E-state index in [9.17, 15) is 13.2 Å². The minimum Gasteiger partial charge on any atom is -0.497 e. The fraction of sp³-hybridized carbons (Fsp3) is 0.429. The second kappa shape index (κ2) is 9.44. The van der Waals surface area contributed by atoms with E-state index in [1.165, 1.54) is 22.8 Å². The highest BCUT2D eigenvalue weighted by molar-refractivity contribution is 7.89. The number of nitrogens with zero attached hydrogens (tertiary/aromatic N) is 2. The molecule has 1 aromatic heterocycles. The maximum Gasteiger partial charge on any atom is 0.244 e. The molecule has 1 atom stereocenters. The van der Waals surface area contributed by atoms with E-state index in [-0.39, 0.29) is 22.8 Å². The second-order valence-electron chi connectivity index (χ2n) is 7.21. The van der Waals surface area contributed by atoms with E-state index in [0.717, 1.165) is 5.56 Å². The van der Waals surface area contributed by atoms with Gasteiger partial charge in [0.1, 0.15) is 16.4 Å². The maximum atomic E-state index is 12.8. The van der Waals surface area contributed by atoms with Crippen molar-refractivity contribution in [2.45, 2.75) is 30.7 Å². The number of aromatic nitrogens is 1. The normalized spacial score (nSPS) is 16.6. The summed E-state index contributed by atoms with van der Waals surface area (Å²) < 4.78 is 37.5. The Morgan fingerprint density at radius 3 is 2.53 bits per heavy atom. The molecule has 0 saturated carbocycles. The molecule has 9 heteroatoms. The molecular weight excluding hydrogens is 406 g/mol. The first-order valence-electron chi connectivity index (χ1n) is 9.79. The fourth-order valence-electron chi connectivity index (χ4n) is 3.59. The van der Waals surface area contributed by atoms with E-state index >= 15 is 0 Å². The Morgan fingerprint density at radius 2 is 1.93 bits per heavy atom. The summed E-state index contributed by atoms with van der Waals surface area (Å²) in [6.07, 6.45) is 3.82. The lowest BCUT2D eigenvalue weighted by Gasteiger charge is -2.31. The van der Waals surface area contributed by atoms with Crippen LogP contribution in [0.15, 0.2) is 47.6 Å². The third kappa shape index (κ3) is 4.73. The van der Waals surface area contributed by atoms with Crippen molar-refractivity contribution < 1.29 is 22.7 Å². The lowest BCUT2D eigenvalue weighted by molar-refractivity contribution is -0.126. The van der Waals surface area contributed by atoms with Crippen LogP contribution >= 0.6 is 0 Å². The van der Waals surface area contributed by atoms with Gasteiger partial charge in [-0.05, 0) is 44.0 Å². The van der Waals surface area contributed by atoms with Gasteiger partial charge in [0.15, 0.2) is 0 Å². The number of nitrogens with one attached hydrogen (secondary N) is 1. The molecule has 1 N–H and O–H groups in total. The highest BCUT2D eigenvalue weighted by atomic mass is 32.2. The van der Waals surface area contributed by atoms with Crippen LogP contribution in [-0.4, -0.2) is 50.9 Å². The van der Waals surface area contributed by atoms with Crippen LogP contribution < -0.4 is 14.8 Å². The number of hydrogen-bond donors (Lipinski definition) is 1. The molecule has 3 rings (SSSR count). The average Bonchev–Trinajstić information content (AvgIpc) is 2.79. The van der Waals surface area contributed by atoms with Crippen LogP contribution in [0.1, 0.15) is 31.4 Å². The van der Waals surface area contributed by atoms with E-state index < -0.39 is 10.0 Å². The quantitative estimate of drug-likeness (QED) is 0.720. The SMILES string of the molecule is COc1ccc(C(C)NC(=O)C2CCN(S(=O)(=O)c3cccnc3)CC2)c(OC)c1. The summed E-state index contributed by atoms with van der Waals surface area (Å²) in [5.41, 5.74) is 0.850. The zero-order valence-electron chi connectivity index (χ0n) is 17.4. The molecule has 0 bridgehead atoms. The van der Waals surface area contributed by atoms with Gasteiger partial charge in [-0.3, -0.25) is 9.78 Å². The molecule has 0 aliphatic carbocycles. The number of sulfonamides is 1. The molecule has 30 heavy (non-hydrogen) atoms. The summed E-state index contributed by atoms with van der Waals surface area (Å²) in [5, 5.41) is 3.03. The Hall–Kier alpha value is -2.65. The van der Waals surface area contributed by atoms with Crippen molar-refractivity contribution in [3.05, 3.63) is 48.3 Å². The summed E-state index contributed by atoms with van der Waals surface area (Å²) in [6.45, 7) is 2.50. The number of carbonyl (C=O) groups is 1. The first-order valence-corrected chi connectivity index (χ1v) is 11.2. The predicted molar refractivity (Wildman–Crippen MR) is 112 cm³/mol. The third-order valence-electron chi connectivity index (χ3n) is 5.36. The number of carbonyl (C=O) groups excluding carboxylic acids is 1. The van der Waals surface area contributed by atoms with Gasteiger partial charge < -0.3 is 14.8 Å². The molecule has 162 valence electrons. The smallest absolute Gasteiger partial charge is 0.244 e. The zero-order chi connectivity index (χ0) is 21.7. The Bertz CT molecular complexity index is 973. The number of piperidine rings is 1. The number of pyridine rings is 1. The van der Waals surface area contributed by atoms with Crippen LogP contribution in [0.3, 0.4) is 0 Å². The van der Waals surface area contributed by atoms with Crippen molar-refractivity contribution in [1.29, 1.82) is 0 Å². The van der Waals surface area contributed by atoms with Gasteiger partial charge in [0, 0.05) is 43.0 Å². The number of benzene rings is 1. The molecule has 2 heterocycles. The lowest BCUT2D eigenvalue weighted by Crippen LogP contribution is -2.43. The molecule has 1 fully saturated rings. The molecule has 8 nitrogen and oxygen atoms in total. The Balaban J connectivity index is 1.61. The Kier molecular flexibility index (Phi) is 6.94. The van der Waals surface area contributed by atoms with E-state index in [0.29, 0.717) is 37.4 Å². The summed E-state index contributed by atoms with van der Waals surface area (Å²) in [5.74, 6) is 0.992. The molecule has 1 aromatic carbocycles. The number of ether oxygens (including phenoxy) is 2. The first-order chi connectivity index (χ1) is 14.4. The topological polar surface area (TPSA) is 97.8 Å². The van der Waals surface area contributed by atoms with Crippen LogP contribution in [0.25, 0.3) is 0 Å². The molecule has 1 unspecified atom stereocenters. The largest absolute Gasteiger partial charge is 0.497 e. The Morgan fingerprint density at radius 1 is 1.20 bits per heavy atom. The van der Waals surface area contributed by atoms with E-state index in [4.69, 9.17) is 9.47 Å². The molecular formula is C21H27N3O5S. The van der Waals surface area contributed by atoms with Crippen LogP contribution in [0, 0.1) is 5.92 Å². The van der Waals surface area contributed by atoms with Crippen molar-refractivity contribution in [3.63, 3.8) is 0 Å².